The molecule has 2 atom stereocenters. The number of hydrogen-bond acceptors (Lipinski definition) is 5. The van der Waals surface area contributed by atoms with Gasteiger partial charge in [-0.3, -0.25) is 9.20 Å². The number of carbonyl (C=O) groups excluding carboxylic acids is 1. The van der Waals surface area contributed by atoms with Crippen molar-refractivity contribution in [2.24, 2.45) is 0 Å². The molecule has 0 bridgehead atoms. The van der Waals surface area contributed by atoms with E-state index in [4.69, 9.17) is 4.74 Å². The van der Waals surface area contributed by atoms with E-state index in [1.54, 1.807) is 6.92 Å². The Morgan fingerprint density at radius 3 is 2.96 bits per heavy atom. The predicted octanol–water partition coefficient (Wildman–Crippen LogP) is 2.52. The van der Waals surface area contributed by atoms with E-state index >= 15 is 0 Å². The third kappa shape index (κ3) is 4.24. The quantitative estimate of drug-likeness (QED) is 0.815. The smallest absolute Gasteiger partial charge is 0.376 e. The van der Waals surface area contributed by atoms with Crippen molar-refractivity contribution < 1.29 is 22.7 Å². The molecule has 1 N–H and O–H groups in total. The average molecular weight is 374 g/mol. The number of thioether (sulfide) groups is 1. The largest absolute Gasteiger partial charge is 0.417 e. The van der Waals surface area contributed by atoms with Crippen LogP contribution in [0, 0.1) is 0 Å². The summed E-state index contributed by atoms with van der Waals surface area (Å²) < 4.78 is 45.3. The third-order valence-corrected chi connectivity index (χ3v) is 4.93. The molecule has 1 fully saturated rings. The monoisotopic (exact) mass is 374 g/mol. The zero-order valence-electron chi connectivity index (χ0n) is 13.4. The van der Waals surface area contributed by atoms with Gasteiger partial charge < -0.3 is 10.1 Å². The molecule has 2 aromatic heterocycles. The highest BCUT2D eigenvalue weighted by Crippen LogP contribution is 2.30. The Bertz CT molecular complexity index is 759. The number of pyridine rings is 1. The van der Waals surface area contributed by atoms with E-state index in [0.29, 0.717) is 18.8 Å². The number of nitrogens with zero attached hydrogens (tertiary/aromatic N) is 3. The Morgan fingerprint density at radius 2 is 2.28 bits per heavy atom. The molecule has 0 radical (unpaired) electrons. The molecule has 1 saturated heterocycles. The van der Waals surface area contributed by atoms with Crippen LogP contribution in [0.15, 0.2) is 23.5 Å². The number of nitrogens with one attached hydrogen (secondary N) is 1. The van der Waals surface area contributed by atoms with Gasteiger partial charge in [-0.15, -0.1) is 10.2 Å². The van der Waals surface area contributed by atoms with Crippen LogP contribution in [0.2, 0.25) is 0 Å². The fourth-order valence-corrected chi connectivity index (χ4v) is 3.35. The van der Waals surface area contributed by atoms with Gasteiger partial charge in [-0.05, 0) is 31.9 Å². The molecule has 0 aliphatic carbocycles. The van der Waals surface area contributed by atoms with Crippen molar-refractivity contribution in [3.8, 4) is 0 Å². The standard InChI is InChI=1S/C15H17F3N4O2S/c1-9(13(23)19-7-11-3-2-6-24-11)25-14-21-20-12-5-4-10(8-22(12)14)15(16,17)18/h4-5,8-9,11H,2-3,6-7H2,1H3,(H,19,23)/t9-,11-/m1/s1. The molecule has 1 amide bonds. The molecule has 1 aliphatic rings. The molecule has 3 heterocycles. The fourth-order valence-electron chi connectivity index (χ4n) is 2.49. The molecule has 6 nitrogen and oxygen atoms in total. The first-order valence-electron chi connectivity index (χ1n) is 7.82. The highest BCUT2D eigenvalue weighted by molar-refractivity contribution is 8.00. The molecule has 2 aromatic rings. The molecule has 1 aliphatic heterocycles. The number of fused-ring (bicyclic) bond motifs is 1. The summed E-state index contributed by atoms with van der Waals surface area (Å²) in [5.41, 5.74) is -0.500. The van der Waals surface area contributed by atoms with E-state index in [1.165, 1.54) is 10.5 Å². The summed E-state index contributed by atoms with van der Waals surface area (Å²) in [6.07, 6.45) is -1.58. The van der Waals surface area contributed by atoms with Crippen LogP contribution in [0.1, 0.15) is 25.3 Å². The van der Waals surface area contributed by atoms with Crippen molar-refractivity contribution >= 4 is 23.3 Å². The van der Waals surface area contributed by atoms with E-state index < -0.39 is 17.0 Å². The maximum absolute atomic E-state index is 12.9. The van der Waals surface area contributed by atoms with E-state index in [-0.39, 0.29) is 17.2 Å². The van der Waals surface area contributed by atoms with Crippen LogP contribution in [0.25, 0.3) is 5.65 Å². The number of aromatic nitrogens is 3. The number of rotatable bonds is 5. The Morgan fingerprint density at radius 1 is 1.48 bits per heavy atom. The van der Waals surface area contributed by atoms with Crippen LogP contribution >= 0.6 is 11.8 Å². The van der Waals surface area contributed by atoms with Crippen LogP contribution in [0.4, 0.5) is 13.2 Å². The molecule has 0 saturated carbocycles. The second kappa shape index (κ2) is 7.20. The number of amides is 1. The van der Waals surface area contributed by atoms with Gasteiger partial charge in [0.15, 0.2) is 10.8 Å². The highest BCUT2D eigenvalue weighted by atomic mass is 32.2. The lowest BCUT2D eigenvalue weighted by Crippen LogP contribution is -2.36. The molecule has 0 aromatic carbocycles. The van der Waals surface area contributed by atoms with Crippen LogP contribution in [-0.4, -0.2) is 45.0 Å². The summed E-state index contributed by atoms with van der Waals surface area (Å²) in [5.74, 6) is -0.218. The van der Waals surface area contributed by atoms with Crippen molar-refractivity contribution in [3.63, 3.8) is 0 Å². The summed E-state index contributed by atoms with van der Waals surface area (Å²) >= 11 is 1.06. The summed E-state index contributed by atoms with van der Waals surface area (Å²) in [7, 11) is 0. The Labute approximate surface area is 146 Å². The maximum Gasteiger partial charge on any atom is 0.417 e. The summed E-state index contributed by atoms with van der Waals surface area (Å²) in [4.78, 5) is 12.2. The van der Waals surface area contributed by atoms with Gasteiger partial charge >= 0.3 is 6.18 Å². The zero-order chi connectivity index (χ0) is 18.0. The van der Waals surface area contributed by atoms with E-state index in [2.05, 4.69) is 15.5 Å². The van der Waals surface area contributed by atoms with Crippen molar-refractivity contribution in [3.05, 3.63) is 23.9 Å². The van der Waals surface area contributed by atoms with Crippen LogP contribution < -0.4 is 5.32 Å². The summed E-state index contributed by atoms with van der Waals surface area (Å²) in [6, 6.07) is 2.21. The first kappa shape index (κ1) is 18.0. The van der Waals surface area contributed by atoms with Gasteiger partial charge in [0, 0.05) is 19.3 Å². The summed E-state index contributed by atoms with van der Waals surface area (Å²) in [5, 5.41) is 10.2. The average Bonchev–Trinajstić information content (AvgIpc) is 3.21. The Kier molecular flexibility index (Phi) is 5.19. The minimum absolute atomic E-state index is 0.0319. The minimum Gasteiger partial charge on any atom is -0.376 e. The van der Waals surface area contributed by atoms with Gasteiger partial charge in [-0.2, -0.15) is 13.2 Å². The molecular formula is C15H17F3N4O2S. The molecular weight excluding hydrogens is 357 g/mol. The van der Waals surface area contributed by atoms with Crippen molar-refractivity contribution in [2.45, 2.75) is 42.5 Å². The van der Waals surface area contributed by atoms with Gasteiger partial charge in [0.1, 0.15) is 0 Å². The summed E-state index contributed by atoms with van der Waals surface area (Å²) in [6.45, 7) is 2.81. The topological polar surface area (TPSA) is 68.5 Å². The highest BCUT2D eigenvalue weighted by Gasteiger charge is 2.31. The van der Waals surface area contributed by atoms with Crippen LogP contribution in [0.3, 0.4) is 0 Å². The van der Waals surface area contributed by atoms with Crippen LogP contribution in [-0.2, 0) is 15.7 Å². The number of hydrogen-bond donors (Lipinski definition) is 1. The zero-order valence-corrected chi connectivity index (χ0v) is 14.2. The molecule has 3 rings (SSSR count). The Hall–Kier alpha value is -1.81. The molecule has 25 heavy (non-hydrogen) atoms. The van der Waals surface area contributed by atoms with Gasteiger partial charge in [0.05, 0.1) is 16.9 Å². The van der Waals surface area contributed by atoms with Gasteiger partial charge in [-0.1, -0.05) is 11.8 Å². The first-order chi connectivity index (χ1) is 11.8. The molecule has 0 spiro atoms. The third-order valence-electron chi connectivity index (χ3n) is 3.88. The molecule has 0 unspecified atom stereocenters. The molecule has 136 valence electrons. The second-order valence-electron chi connectivity index (χ2n) is 5.77. The SMILES string of the molecule is C[C@@H](Sc1nnc2ccc(C(F)(F)F)cn12)C(=O)NC[C@H]1CCCO1. The first-order valence-corrected chi connectivity index (χ1v) is 8.70. The number of halogens is 3. The Balaban J connectivity index is 1.67. The van der Waals surface area contributed by atoms with E-state index in [9.17, 15) is 18.0 Å². The lowest BCUT2D eigenvalue weighted by molar-refractivity contribution is -0.137. The van der Waals surface area contributed by atoms with Crippen molar-refractivity contribution in [1.82, 2.24) is 19.9 Å². The molecule has 10 heteroatoms. The number of carbonyl (C=O) groups is 1. The number of alkyl halides is 3. The maximum atomic E-state index is 12.9. The lowest BCUT2D eigenvalue weighted by Gasteiger charge is -2.14. The predicted molar refractivity (Wildman–Crippen MR) is 85.3 cm³/mol. The second-order valence-corrected chi connectivity index (χ2v) is 7.07. The van der Waals surface area contributed by atoms with E-state index in [0.717, 1.165) is 36.9 Å². The number of ether oxygens (including phenoxy) is 1. The van der Waals surface area contributed by atoms with Crippen molar-refractivity contribution in [1.29, 1.82) is 0 Å². The van der Waals surface area contributed by atoms with Crippen LogP contribution in [0.5, 0.6) is 0 Å². The normalized spacial score (nSPS) is 19.3. The minimum atomic E-state index is -4.45. The van der Waals surface area contributed by atoms with Gasteiger partial charge in [-0.25, -0.2) is 0 Å². The van der Waals surface area contributed by atoms with Crippen molar-refractivity contribution in [2.75, 3.05) is 13.2 Å². The van der Waals surface area contributed by atoms with E-state index in [1.807, 2.05) is 0 Å². The van der Waals surface area contributed by atoms with Gasteiger partial charge in [0.25, 0.3) is 0 Å². The van der Waals surface area contributed by atoms with Gasteiger partial charge in [0.2, 0.25) is 5.91 Å². The fraction of sp³-hybridized carbons (Fsp3) is 0.533. The lowest BCUT2D eigenvalue weighted by atomic mass is 10.2.